The van der Waals surface area contributed by atoms with Gasteiger partial charge in [-0.05, 0) is 0 Å². The molecule has 0 heterocycles. The zero-order chi connectivity index (χ0) is 4.00. The average molecular weight is 198 g/mol. The van der Waals surface area contributed by atoms with Crippen LogP contribution < -0.4 is 0 Å². The molecule has 2 nitrogen and oxygen atoms in total. The second-order valence-corrected chi connectivity index (χ2v) is 0. The second-order valence-electron chi connectivity index (χ2n) is 0. The highest BCUT2D eigenvalue weighted by molar-refractivity contribution is 7.37. The van der Waals surface area contributed by atoms with Gasteiger partial charge in [0.15, 0.2) is 0 Å². The van der Waals surface area contributed by atoms with Crippen LogP contribution in [-0.2, 0) is 49.6 Å². The molecule has 0 spiro atoms. The van der Waals surface area contributed by atoms with Gasteiger partial charge in [0.05, 0.1) is 0 Å². The molecule has 0 atom stereocenters. The van der Waals surface area contributed by atoms with Crippen molar-refractivity contribution in [2.45, 2.75) is 0 Å². The lowest BCUT2D eigenvalue weighted by molar-refractivity contribution is 0.607. The summed E-state index contributed by atoms with van der Waals surface area (Å²) in [4.78, 5) is 0. The third-order valence-electron chi connectivity index (χ3n) is 0. The number of hydrogen-bond donors (Lipinski definition) is 0. The van der Waals surface area contributed by atoms with E-state index in [2.05, 4.69) is 0 Å². The average Bonchev–Trinajstić information content (AvgIpc) is 1.50. The summed E-state index contributed by atoms with van der Waals surface area (Å²) in [6, 6.07) is 0. The summed E-state index contributed by atoms with van der Waals surface area (Å²) in [5.41, 5.74) is 0. The van der Waals surface area contributed by atoms with E-state index < -0.39 is 0 Å². The van der Waals surface area contributed by atoms with Crippen molar-refractivity contribution in [3.05, 3.63) is 0 Å². The van der Waals surface area contributed by atoms with Gasteiger partial charge in [0.25, 0.3) is 0 Å². The van der Waals surface area contributed by atoms with Crippen molar-refractivity contribution in [3.8, 4) is 0 Å². The molecular formula is H8O2P2S3. The van der Waals surface area contributed by atoms with Gasteiger partial charge in [-0.3, -0.25) is 0 Å². The van der Waals surface area contributed by atoms with Crippen molar-refractivity contribution in [1.82, 2.24) is 0 Å². The molecule has 0 fully saturated rings. The fraction of sp³-hybridized carbons (Fsp3) is 0. The Bertz CT molecular complexity index is 12.9. The van der Waals surface area contributed by atoms with Gasteiger partial charge in [-0.15, -0.1) is 0 Å². The first-order valence-electron chi connectivity index (χ1n) is 0.816. The number of hydrogen-bond acceptors (Lipinski definition) is 2. The quantitative estimate of drug-likeness (QED) is 0.484. The molecule has 0 aromatic heterocycles. The highest BCUT2D eigenvalue weighted by Crippen LogP contribution is 1.23. The standard InChI is InChI=1S/2H4OP.3S/c2*1-2;;;/h2*2H4;;;/q2*+3;3*-2. The summed E-state index contributed by atoms with van der Waals surface area (Å²) < 4.78 is 16.8. The van der Waals surface area contributed by atoms with E-state index in [9.17, 15) is 0 Å². The molecule has 0 aliphatic heterocycles. The summed E-state index contributed by atoms with van der Waals surface area (Å²) in [6.07, 6.45) is 0. The highest BCUT2D eigenvalue weighted by atomic mass is 32.1. The van der Waals surface area contributed by atoms with Crippen molar-refractivity contribution in [2.24, 2.45) is 0 Å². The molecule has 48 valence electrons. The summed E-state index contributed by atoms with van der Waals surface area (Å²) >= 11 is 0. The zero-order valence-electron chi connectivity index (χ0n) is 4.04. The first-order valence-corrected chi connectivity index (χ1v) is 2.45. The van der Waals surface area contributed by atoms with Crippen LogP contribution in [0.5, 0.6) is 0 Å². The van der Waals surface area contributed by atoms with Crippen molar-refractivity contribution in [3.63, 3.8) is 0 Å². The minimum Gasteiger partial charge on any atom is -2.00 e. The van der Waals surface area contributed by atoms with Crippen molar-refractivity contribution >= 4 is 58.7 Å². The largest absolute Gasteiger partial charge is 2.00 e. The molecule has 0 aliphatic rings. The second kappa shape index (κ2) is 181. The molecule has 0 rings (SSSR count). The predicted molar refractivity (Wildman–Crippen MR) is 48.5 cm³/mol. The van der Waals surface area contributed by atoms with Gasteiger partial charge in [-0.1, -0.05) is 0 Å². The van der Waals surface area contributed by atoms with Gasteiger partial charge in [-0.2, -0.15) is 0 Å². The fourth-order valence-corrected chi connectivity index (χ4v) is 0. The molecule has 0 aromatic rings. The van der Waals surface area contributed by atoms with Gasteiger partial charge in [0.2, 0.25) is 0 Å². The first-order chi connectivity index (χ1) is 2.00. The predicted octanol–water partition coefficient (Wildman–Crippen LogP) is -0.664. The summed E-state index contributed by atoms with van der Waals surface area (Å²) in [5, 5.41) is 0. The van der Waals surface area contributed by atoms with Crippen LogP contribution in [0.3, 0.4) is 0 Å². The number of rotatable bonds is 0. The minimum atomic E-state index is 0. The van der Waals surface area contributed by atoms with Crippen LogP contribution in [0.2, 0.25) is 0 Å². The molecule has 0 amide bonds. The van der Waals surface area contributed by atoms with Crippen LogP contribution in [0.15, 0.2) is 0 Å². The van der Waals surface area contributed by atoms with E-state index in [1.165, 1.54) is 0 Å². The monoisotopic (exact) mass is 198 g/mol. The molecular weight excluding hydrogens is 190 g/mol. The van der Waals surface area contributed by atoms with E-state index in [0.29, 0.717) is 0 Å². The summed E-state index contributed by atoms with van der Waals surface area (Å²) in [6.45, 7) is 0. The molecule has 0 radical (unpaired) electrons. The van der Waals surface area contributed by atoms with Gasteiger partial charge in [-0.25, -0.2) is 0 Å². The van der Waals surface area contributed by atoms with Gasteiger partial charge in [0, 0.05) is 9.13 Å². The lowest BCUT2D eigenvalue weighted by Gasteiger charge is -2.00. The Morgan fingerprint density at radius 1 is 0.571 bits per heavy atom. The molecule has 0 unspecified atom stereocenters. The highest BCUT2D eigenvalue weighted by Gasteiger charge is 0.776. The van der Waals surface area contributed by atoms with Gasteiger partial charge < -0.3 is 40.5 Å². The Morgan fingerprint density at radius 3 is 0.571 bits per heavy atom. The van der Waals surface area contributed by atoms with E-state index in [0.717, 1.165) is 0 Å². The van der Waals surface area contributed by atoms with E-state index >= 15 is 0 Å². The molecule has 0 N–H and O–H groups in total. The molecule has 0 saturated carbocycles. The van der Waals surface area contributed by atoms with Crippen LogP contribution in [0, 0.1) is 0 Å². The third-order valence-corrected chi connectivity index (χ3v) is 0. The van der Waals surface area contributed by atoms with Crippen LogP contribution >= 0.6 is 18.2 Å². The third kappa shape index (κ3) is 128. The van der Waals surface area contributed by atoms with Crippen molar-refractivity contribution in [1.29, 1.82) is 0 Å². The topological polar surface area (TPSA) is 34.1 Å². The van der Waals surface area contributed by atoms with E-state index in [1.54, 1.807) is 0 Å². The molecule has 7 heavy (non-hydrogen) atoms. The van der Waals surface area contributed by atoms with Gasteiger partial charge in [0.1, 0.15) is 18.2 Å². The van der Waals surface area contributed by atoms with Gasteiger partial charge >= 0.3 is 0 Å². The Labute approximate surface area is 68.0 Å². The zero-order valence-corrected chi connectivity index (χ0v) is 10.5. The fourth-order valence-electron chi connectivity index (χ4n) is 0. The molecule has 7 heteroatoms. The van der Waals surface area contributed by atoms with Crippen LogP contribution in [-0.4, -0.2) is 0 Å². The molecule has 0 bridgehead atoms. The Hall–Kier alpha value is 1.25. The van der Waals surface area contributed by atoms with Crippen LogP contribution in [0.4, 0.5) is 0 Å². The molecule has 0 saturated heterocycles. The Balaban J connectivity index is -0.00000000267. The maximum absolute atomic E-state index is 8.39. The smallest absolute Gasteiger partial charge is 0.112 e. The minimum absolute atomic E-state index is 0. The normalized spacial score (nSPS) is 1.14. The molecule has 0 aromatic carbocycles. The van der Waals surface area contributed by atoms with Crippen molar-refractivity contribution < 1.29 is 9.13 Å². The Kier molecular flexibility index (Phi) is 1060. The van der Waals surface area contributed by atoms with Crippen LogP contribution in [0.25, 0.3) is 0 Å². The van der Waals surface area contributed by atoms with Crippen LogP contribution in [0.1, 0.15) is 0 Å². The van der Waals surface area contributed by atoms with E-state index in [-0.39, 0.29) is 58.7 Å². The lowest BCUT2D eigenvalue weighted by Crippen LogP contribution is -0.489. The van der Waals surface area contributed by atoms with Crippen molar-refractivity contribution in [2.75, 3.05) is 0 Å². The van der Waals surface area contributed by atoms with E-state index in [4.69, 9.17) is 9.13 Å². The summed E-state index contributed by atoms with van der Waals surface area (Å²) in [7, 11) is 0.111. The first kappa shape index (κ1) is 41.1. The maximum atomic E-state index is 8.39. The Morgan fingerprint density at radius 2 is 0.571 bits per heavy atom. The van der Waals surface area contributed by atoms with E-state index in [1.807, 2.05) is 0 Å². The summed E-state index contributed by atoms with van der Waals surface area (Å²) in [5.74, 6) is 0. The SMILES string of the molecule is O=[PH4+3].O=[PH4+3].[S-2].[S-2].[S-2]. The maximum Gasteiger partial charge on any atom is 0.112 e. The lowest BCUT2D eigenvalue weighted by atomic mass is 16.0. The molecule has 0 aliphatic carbocycles.